The number of benzene rings is 2. The van der Waals surface area contributed by atoms with Gasteiger partial charge in [0, 0.05) is 6.21 Å². The number of hydrogen-bond acceptors (Lipinski definition) is 1. The maximum atomic E-state index is 4.44. The lowest BCUT2D eigenvalue weighted by atomic mass is 10.0. The van der Waals surface area contributed by atoms with Crippen LogP contribution in [-0.2, 0) is 0 Å². The number of fused-ring (bicyclic) bond motifs is 1. The minimum Gasteiger partial charge on any atom is -0.287 e. The van der Waals surface area contributed by atoms with Crippen molar-refractivity contribution in [3.8, 4) is 0 Å². The smallest absolute Gasteiger partial charge is 0.0524 e. The van der Waals surface area contributed by atoms with Gasteiger partial charge in [-0.2, -0.15) is 0 Å². The van der Waals surface area contributed by atoms with E-state index in [0.717, 1.165) is 0 Å². The van der Waals surface area contributed by atoms with Crippen LogP contribution in [0.2, 0.25) is 0 Å². The summed E-state index contributed by atoms with van der Waals surface area (Å²) in [5.74, 6) is 0. The van der Waals surface area contributed by atoms with Gasteiger partial charge in [-0.25, -0.2) is 0 Å². The minimum atomic E-state index is -0.0108. The van der Waals surface area contributed by atoms with E-state index in [1.165, 1.54) is 16.3 Å². The fourth-order valence-corrected chi connectivity index (χ4v) is 1.81. The molecule has 92 valence electrons. The van der Waals surface area contributed by atoms with Gasteiger partial charge >= 0.3 is 0 Å². The Morgan fingerprint density at radius 2 is 1.67 bits per heavy atom. The Kier molecular flexibility index (Phi) is 3.61. The number of allylic oxidation sites excluding steroid dienone is 1. The monoisotopic (exact) mass is 237 g/mol. The number of rotatable bonds is 2. The van der Waals surface area contributed by atoms with Crippen molar-refractivity contribution in [2.75, 3.05) is 0 Å². The normalized spacial score (nSPS) is 12.8. The highest BCUT2D eigenvalue weighted by Gasteiger charge is 2.03. The van der Waals surface area contributed by atoms with E-state index in [1.807, 2.05) is 12.3 Å². The Morgan fingerprint density at radius 3 is 2.44 bits per heavy atom. The molecule has 0 fully saturated rings. The zero-order valence-corrected chi connectivity index (χ0v) is 11.2. The van der Waals surface area contributed by atoms with Crippen LogP contribution in [0.1, 0.15) is 26.3 Å². The van der Waals surface area contributed by atoms with E-state index in [9.17, 15) is 0 Å². The Morgan fingerprint density at radius 1 is 0.944 bits per heavy atom. The largest absolute Gasteiger partial charge is 0.287 e. The van der Waals surface area contributed by atoms with Crippen LogP contribution < -0.4 is 0 Å². The second-order valence-corrected chi connectivity index (χ2v) is 5.38. The third-order valence-electron chi connectivity index (χ3n) is 2.65. The average molecular weight is 237 g/mol. The average Bonchev–Trinajstić information content (AvgIpc) is 2.33. The molecule has 0 aliphatic rings. The van der Waals surface area contributed by atoms with Gasteiger partial charge in [0.1, 0.15) is 0 Å². The van der Waals surface area contributed by atoms with E-state index >= 15 is 0 Å². The van der Waals surface area contributed by atoms with E-state index in [0.29, 0.717) is 0 Å². The molecule has 2 rings (SSSR count). The predicted molar refractivity (Wildman–Crippen MR) is 81.2 cm³/mol. The van der Waals surface area contributed by atoms with Gasteiger partial charge in [-0.3, -0.25) is 4.99 Å². The van der Waals surface area contributed by atoms with Crippen molar-refractivity contribution in [3.63, 3.8) is 0 Å². The van der Waals surface area contributed by atoms with Crippen LogP contribution in [0.5, 0.6) is 0 Å². The number of hydrogen-bond donors (Lipinski definition) is 0. The summed E-state index contributed by atoms with van der Waals surface area (Å²) in [4.78, 5) is 4.44. The van der Waals surface area contributed by atoms with Gasteiger partial charge in [-0.05, 0) is 43.2 Å². The Hall–Kier alpha value is -1.89. The molecule has 18 heavy (non-hydrogen) atoms. The molecular formula is C17H19N. The summed E-state index contributed by atoms with van der Waals surface area (Å²) in [7, 11) is 0. The summed E-state index contributed by atoms with van der Waals surface area (Å²) in [6, 6.07) is 14.8. The predicted octanol–water partition coefficient (Wildman–Crippen LogP) is 4.72. The Labute approximate surface area is 109 Å². The highest BCUT2D eigenvalue weighted by molar-refractivity contribution is 5.92. The lowest BCUT2D eigenvalue weighted by Crippen LogP contribution is -2.08. The SMILES string of the molecule is CC(C)(C)N=C/C=C/c1cccc2ccccc12. The van der Waals surface area contributed by atoms with E-state index in [-0.39, 0.29) is 5.54 Å². The van der Waals surface area contributed by atoms with E-state index in [1.54, 1.807) is 0 Å². The molecule has 2 aromatic carbocycles. The van der Waals surface area contributed by atoms with E-state index < -0.39 is 0 Å². The first-order valence-corrected chi connectivity index (χ1v) is 6.26. The maximum Gasteiger partial charge on any atom is 0.0524 e. The van der Waals surface area contributed by atoms with Crippen molar-refractivity contribution >= 4 is 23.1 Å². The number of aliphatic imine (C=N–C) groups is 1. The van der Waals surface area contributed by atoms with Crippen LogP contribution >= 0.6 is 0 Å². The topological polar surface area (TPSA) is 12.4 Å². The molecular weight excluding hydrogens is 218 g/mol. The molecule has 1 heteroatoms. The molecule has 1 nitrogen and oxygen atoms in total. The first-order chi connectivity index (χ1) is 8.56. The van der Waals surface area contributed by atoms with Gasteiger partial charge < -0.3 is 0 Å². The van der Waals surface area contributed by atoms with Crippen molar-refractivity contribution < 1.29 is 0 Å². The number of nitrogens with zero attached hydrogens (tertiary/aromatic N) is 1. The molecule has 0 radical (unpaired) electrons. The first-order valence-electron chi connectivity index (χ1n) is 6.26. The summed E-state index contributed by atoms with van der Waals surface area (Å²) < 4.78 is 0. The summed E-state index contributed by atoms with van der Waals surface area (Å²) >= 11 is 0. The van der Waals surface area contributed by atoms with Crippen molar-refractivity contribution in [2.24, 2.45) is 4.99 Å². The lowest BCUT2D eigenvalue weighted by molar-refractivity contribution is 0.587. The molecule has 0 aliphatic heterocycles. The molecule has 0 N–H and O–H groups in total. The molecule has 0 saturated heterocycles. The van der Waals surface area contributed by atoms with Gasteiger partial charge in [0.05, 0.1) is 5.54 Å². The molecule has 0 saturated carbocycles. The van der Waals surface area contributed by atoms with Gasteiger partial charge in [-0.15, -0.1) is 0 Å². The highest BCUT2D eigenvalue weighted by atomic mass is 14.8. The van der Waals surface area contributed by atoms with Gasteiger partial charge in [-0.1, -0.05) is 48.5 Å². The molecule has 2 aromatic rings. The molecule has 0 aromatic heterocycles. The highest BCUT2D eigenvalue weighted by Crippen LogP contribution is 2.19. The zero-order valence-electron chi connectivity index (χ0n) is 11.2. The minimum absolute atomic E-state index is 0.0108. The van der Waals surface area contributed by atoms with Gasteiger partial charge in [0.2, 0.25) is 0 Å². The second-order valence-electron chi connectivity index (χ2n) is 5.38. The van der Waals surface area contributed by atoms with Gasteiger partial charge in [0.25, 0.3) is 0 Å². The van der Waals surface area contributed by atoms with Crippen molar-refractivity contribution in [1.82, 2.24) is 0 Å². The molecule has 0 bridgehead atoms. The summed E-state index contributed by atoms with van der Waals surface area (Å²) in [5, 5.41) is 2.55. The molecule has 0 spiro atoms. The Bertz CT molecular complexity index is 581. The second kappa shape index (κ2) is 5.18. The standard InChI is InChI=1S/C17H19N/c1-17(2,3)18-13-7-11-15-10-6-9-14-8-4-5-12-16(14)15/h4-13H,1-3H3/b11-7+,18-13?. The summed E-state index contributed by atoms with van der Waals surface area (Å²) in [6.45, 7) is 6.28. The molecule has 0 amide bonds. The maximum absolute atomic E-state index is 4.44. The fourth-order valence-electron chi connectivity index (χ4n) is 1.81. The molecule has 0 aliphatic carbocycles. The van der Waals surface area contributed by atoms with Crippen LogP contribution in [0, 0.1) is 0 Å². The molecule has 0 heterocycles. The zero-order chi connectivity index (χ0) is 13.0. The third kappa shape index (κ3) is 3.30. The third-order valence-corrected chi connectivity index (χ3v) is 2.65. The molecule has 0 atom stereocenters. The van der Waals surface area contributed by atoms with Crippen molar-refractivity contribution in [1.29, 1.82) is 0 Å². The first kappa shape index (κ1) is 12.6. The molecule has 0 unspecified atom stereocenters. The van der Waals surface area contributed by atoms with Gasteiger partial charge in [0.15, 0.2) is 0 Å². The summed E-state index contributed by atoms with van der Waals surface area (Å²) in [5.41, 5.74) is 1.22. The van der Waals surface area contributed by atoms with Crippen LogP contribution in [0.15, 0.2) is 53.5 Å². The fraction of sp³-hybridized carbons (Fsp3) is 0.235. The van der Waals surface area contributed by atoms with E-state index in [4.69, 9.17) is 0 Å². The van der Waals surface area contributed by atoms with Crippen LogP contribution in [0.3, 0.4) is 0 Å². The summed E-state index contributed by atoms with van der Waals surface area (Å²) in [6.07, 6.45) is 5.99. The van der Waals surface area contributed by atoms with Crippen molar-refractivity contribution in [2.45, 2.75) is 26.3 Å². The van der Waals surface area contributed by atoms with Crippen molar-refractivity contribution in [3.05, 3.63) is 54.1 Å². The quantitative estimate of drug-likeness (QED) is 0.670. The Balaban J connectivity index is 2.27. The van der Waals surface area contributed by atoms with Crippen LogP contribution in [0.25, 0.3) is 16.8 Å². The lowest BCUT2D eigenvalue weighted by Gasteiger charge is -2.09. The van der Waals surface area contributed by atoms with Crippen LogP contribution in [0.4, 0.5) is 0 Å². The van der Waals surface area contributed by atoms with Crippen LogP contribution in [-0.4, -0.2) is 11.8 Å². The van der Waals surface area contributed by atoms with E-state index in [2.05, 4.69) is 74.3 Å².